The zero-order valence-corrected chi connectivity index (χ0v) is 15.9. The van der Waals surface area contributed by atoms with Gasteiger partial charge in [0.1, 0.15) is 5.82 Å². The van der Waals surface area contributed by atoms with Crippen LogP contribution >= 0.6 is 0 Å². The quantitative estimate of drug-likeness (QED) is 0.823. The number of carbonyl (C=O) groups is 1. The summed E-state index contributed by atoms with van der Waals surface area (Å²) in [4.78, 5) is 19.3. The van der Waals surface area contributed by atoms with Crippen molar-refractivity contribution in [2.24, 2.45) is 7.05 Å². The number of amides is 1. The molecule has 6 heteroatoms. The Morgan fingerprint density at radius 3 is 2.96 bits per heavy atom. The molecule has 140 valence electrons. The molecule has 0 aliphatic carbocycles. The van der Waals surface area contributed by atoms with Gasteiger partial charge in [0, 0.05) is 45.1 Å². The maximum absolute atomic E-state index is 12.6. The highest BCUT2D eigenvalue weighted by Gasteiger charge is 2.28. The van der Waals surface area contributed by atoms with Gasteiger partial charge in [0.15, 0.2) is 0 Å². The third-order valence-corrected chi connectivity index (χ3v) is 5.05. The van der Waals surface area contributed by atoms with Crippen LogP contribution in [0.4, 0.5) is 0 Å². The van der Waals surface area contributed by atoms with E-state index in [2.05, 4.69) is 52.6 Å². The van der Waals surface area contributed by atoms with Gasteiger partial charge in [0.25, 0.3) is 0 Å². The Morgan fingerprint density at radius 2 is 2.23 bits per heavy atom. The summed E-state index contributed by atoms with van der Waals surface area (Å²) in [5.74, 6) is 1.07. The van der Waals surface area contributed by atoms with E-state index >= 15 is 0 Å². The monoisotopic (exact) mass is 355 g/mol. The highest BCUT2D eigenvalue weighted by molar-refractivity contribution is 5.78. The van der Waals surface area contributed by atoms with Gasteiger partial charge in [-0.3, -0.25) is 9.69 Å². The SMILES string of the molecule is Cc1ccccc1CC(C)NC(=O)CN1CCNCC1c1nccn1C. The lowest BCUT2D eigenvalue weighted by molar-refractivity contribution is -0.123. The molecule has 1 amide bonds. The van der Waals surface area contributed by atoms with Crippen LogP contribution in [0.25, 0.3) is 0 Å². The molecule has 1 aromatic carbocycles. The Balaban J connectivity index is 1.57. The molecule has 26 heavy (non-hydrogen) atoms. The molecule has 2 N–H and O–H groups in total. The Hall–Kier alpha value is -2.18. The fourth-order valence-corrected chi connectivity index (χ4v) is 3.61. The fraction of sp³-hybridized carbons (Fsp3) is 0.500. The van der Waals surface area contributed by atoms with Gasteiger partial charge in [-0.2, -0.15) is 0 Å². The average Bonchev–Trinajstić information content (AvgIpc) is 3.03. The second-order valence-electron chi connectivity index (χ2n) is 7.19. The van der Waals surface area contributed by atoms with Crippen molar-refractivity contribution in [3.8, 4) is 0 Å². The summed E-state index contributed by atoms with van der Waals surface area (Å²) in [5, 5.41) is 6.56. The van der Waals surface area contributed by atoms with Crippen LogP contribution in [0, 0.1) is 6.92 Å². The number of hydrogen-bond acceptors (Lipinski definition) is 4. The summed E-state index contributed by atoms with van der Waals surface area (Å²) >= 11 is 0. The second kappa shape index (κ2) is 8.47. The molecule has 2 atom stereocenters. The Morgan fingerprint density at radius 1 is 1.42 bits per heavy atom. The maximum atomic E-state index is 12.6. The van der Waals surface area contributed by atoms with E-state index in [0.717, 1.165) is 31.9 Å². The highest BCUT2D eigenvalue weighted by atomic mass is 16.2. The lowest BCUT2D eigenvalue weighted by Crippen LogP contribution is -2.51. The molecule has 2 unspecified atom stereocenters. The minimum atomic E-state index is 0.0761. The van der Waals surface area contributed by atoms with E-state index in [1.807, 2.05) is 30.1 Å². The number of hydrogen-bond donors (Lipinski definition) is 2. The summed E-state index contributed by atoms with van der Waals surface area (Å²) in [7, 11) is 2.00. The highest BCUT2D eigenvalue weighted by Crippen LogP contribution is 2.19. The second-order valence-corrected chi connectivity index (χ2v) is 7.19. The normalized spacial score (nSPS) is 19.3. The van der Waals surface area contributed by atoms with E-state index in [9.17, 15) is 4.79 Å². The van der Waals surface area contributed by atoms with Crippen LogP contribution in [0.2, 0.25) is 0 Å². The number of benzene rings is 1. The molecule has 6 nitrogen and oxygen atoms in total. The molecule has 2 heterocycles. The molecule has 0 saturated carbocycles. The molecule has 1 saturated heterocycles. The van der Waals surface area contributed by atoms with E-state index in [0.29, 0.717) is 6.54 Å². The van der Waals surface area contributed by atoms with Crippen LogP contribution in [0.3, 0.4) is 0 Å². The lowest BCUT2D eigenvalue weighted by Gasteiger charge is -2.35. The lowest BCUT2D eigenvalue weighted by atomic mass is 10.0. The third kappa shape index (κ3) is 4.51. The van der Waals surface area contributed by atoms with Crippen molar-refractivity contribution >= 4 is 5.91 Å². The average molecular weight is 355 g/mol. The third-order valence-electron chi connectivity index (χ3n) is 5.05. The predicted octanol–water partition coefficient (Wildman–Crippen LogP) is 1.42. The van der Waals surface area contributed by atoms with Crippen molar-refractivity contribution in [3.05, 3.63) is 53.6 Å². The number of rotatable bonds is 6. The van der Waals surface area contributed by atoms with Gasteiger partial charge in [-0.1, -0.05) is 24.3 Å². The maximum Gasteiger partial charge on any atom is 0.234 e. The van der Waals surface area contributed by atoms with Crippen molar-refractivity contribution in [2.75, 3.05) is 26.2 Å². The largest absolute Gasteiger partial charge is 0.352 e. The molecule has 1 aliphatic rings. The fourth-order valence-electron chi connectivity index (χ4n) is 3.61. The zero-order chi connectivity index (χ0) is 18.5. The van der Waals surface area contributed by atoms with Crippen LogP contribution in [-0.2, 0) is 18.3 Å². The standard InChI is InChI=1S/C20H29N5O/c1-15-6-4-5-7-17(15)12-16(2)23-19(26)14-25-11-8-21-13-18(25)20-22-9-10-24(20)3/h4-7,9-10,16,18,21H,8,11-14H2,1-3H3,(H,23,26). The number of aromatic nitrogens is 2. The van der Waals surface area contributed by atoms with Crippen LogP contribution < -0.4 is 10.6 Å². The first kappa shape index (κ1) is 18.6. The molecular formula is C20H29N5O. The van der Waals surface area contributed by atoms with Crippen LogP contribution in [0.5, 0.6) is 0 Å². The first-order valence-corrected chi connectivity index (χ1v) is 9.30. The van der Waals surface area contributed by atoms with Crippen molar-refractivity contribution in [1.29, 1.82) is 0 Å². The van der Waals surface area contributed by atoms with Crippen LogP contribution in [-0.4, -0.2) is 52.6 Å². The van der Waals surface area contributed by atoms with Gasteiger partial charge in [0.05, 0.1) is 12.6 Å². The van der Waals surface area contributed by atoms with E-state index in [1.54, 1.807) is 0 Å². The number of piperazine rings is 1. The Labute approximate surface area is 155 Å². The molecule has 2 aromatic rings. The van der Waals surface area contributed by atoms with E-state index in [-0.39, 0.29) is 18.0 Å². The summed E-state index contributed by atoms with van der Waals surface area (Å²) in [6.07, 6.45) is 4.61. The predicted molar refractivity (Wildman–Crippen MR) is 103 cm³/mol. The van der Waals surface area contributed by atoms with Crippen molar-refractivity contribution in [3.63, 3.8) is 0 Å². The number of imidazole rings is 1. The van der Waals surface area contributed by atoms with Gasteiger partial charge >= 0.3 is 0 Å². The Bertz CT molecular complexity index is 741. The molecule has 0 radical (unpaired) electrons. The zero-order valence-electron chi connectivity index (χ0n) is 15.9. The van der Waals surface area contributed by atoms with E-state index < -0.39 is 0 Å². The molecule has 1 aromatic heterocycles. The van der Waals surface area contributed by atoms with Crippen LogP contribution in [0.1, 0.15) is 29.9 Å². The number of nitrogens with one attached hydrogen (secondary N) is 2. The van der Waals surface area contributed by atoms with Gasteiger partial charge in [-0.05, 0) is 31.4 Å². The first-order chi connectivity index (χ1) is 12.5. The van der Waals surface area contributed by atoms with Crippen molar-refractivity contribution < 1.29 is 4.79 Å². The molecule has 1 fully saturated rings. The smallest absolute Gasteiger partial charge is 0.234 e. The minimum absolute atomic E-state index is 0.0761. The summed E-state index contributed by atoms with van der Waals surface area (Å²) in [6, 6.07) is 8.58. The number of carbonyl (C=O) groups excluding carboxylic acids is 1. The molecular weight excluding hydrogens is 326 g/mol. The summed E-state index contributed by atoms with van der Waals surface area (Å²) in [5.41, 5.74) is 2.55. The van der Waals surface area contributed by atoms with E-state index in [1.165, 1.54) is 11.1 Å². The van der Waals surface area contributed by atoms with E-state index in [4.69, 9.17) is 0 Å². The van der Waals surface area contributed by atoms with Gasteiger partial charge in [-0.25, -0.2) is 4.98 Å². The summed E-state index contributed by atoms with van der Waals surface area (Å²) in [6.45, 7) is 7.14. The van der Waals surface area contributed by atoms with Gasteiger partial charge < -0.3 is 15.2 Å². The van der Waals surface area contributed by atoms with Gasteiger partial charge in [-0.15, -0.1) is 0 Å². The first-order valence-electron chi connectivity index (χ1n) is 9.30. The molecule has 0 spiro atoms. The topological polar surface area (TPSA) is 62.2 Å². The minimum Gasteiger partial charge on any atom is -0.352 e. The molecule has 3 rings (SSSR count). The Kier molecular flexibility index (Phi) is 6.06. The molecule has 1 aliphatic heterocycles. The number of aryl methyl sites for hydroxylation is 2. The van der Waals surface area contributed by atoms with Crippen molar-refractivity contribution in [1.82, 2.24) is 25.1 Å². The summed E-state index contributed by atoms with van der Waals surface area (Å²) < 4.78 is 2.03. The van der Waals surface area contributed by atoms with Gasteiger partial charge in [0.2, 0.25) is 5.91 Å². The van der Waals surface area contributed by atoms with Crippen molar-refractivity contribution in [2.45, 2.75) is 32.4 Å². The molecule has 0 bridgehead atoms. The van der Waals surface area contributed by atoms with Crippen LogP contribution in [0.15, 0.2) is 36.7 Å². The number of nitrogens with zero attached hydrogens (tertiary/aromatic N) is 3.